The fourth-order valence-electron chi connectivity index (χ4n) is 1.30. The number of carbonyl (C=O) groups excluding carboxylic acids is 1. The van der Waals surface area contributed by atoms with Crippen molar-refractivity contribution >= 4 is 11.9 Å². The van der Waals surface area contributed by atoms with Gasteiger partial charge in [-0.3, -0.25) is 9.59 Å². The molecule has 1 aromatic rings. The number of hydrogen-bond acceptors (Lipinski definition) is 4. The summed E-state index contributed by atoms with van der Waals surface area (Å²) < 4.78 is 5.35. The Balaban J connectivity index is 2.69. The van der Waals surface area contributed by atoms with Crippen LogP contribution in [0.15, 0.2) is 24.3 Å². The van der Waals surface area contributed by atoms with Crippen LogP contribution in [0.3, 0.4) is 0 Å². The van der Waals surface area contributed by atoms with Crippen LogP contribution in [0.1, 0.15) is 19.4 Å². The van der Waals surface area contributed by atoms with E-state index in [1.807, 2.05) is 6.07 Å². The molecule has 2 atom stereocenters. The van der Waals surface area contributed by atoms with Gasteiger partial charge in [0.1, 0.15) is 17.9 Å². The number of aliphatic carboxylic acids is 1. The highest BCUT2D eigenvalue weighted by molar-refractivity contribution is 5.86. The molecule has 0 bridgehead atoms. The average Bonchev–Trinajstić information content (AvgIpc) is 2.38. The Morgan fingerprint density at radius 3 is 2.58 bits per heavy atom. The van der Waals surface area contributed by atoms with Crippen molar-refractivity contribution in [2.45, 2.75) is 26.0 Å². The van der Waals surface area contributed by atoms with Gasteiger partial charge < -0.3 is 15.2 Å². The van der Waals surface area contributed by atoms with Crippen molar-refractivity contribution in [1.29, 1.82) is 5.26 Å². The molecule has 0 fully saturated rings. The molecule has 1 amide bonds. The second kappa shape index (κ2) is 6.40. The Labute approximate surface area is 110 Å². The highest BCUT2D eigenvalue weighted by Crippen LogP contribution is 2.18. The number of rotatable bonds is 5. The molecule has 0 saturated heterocycles. The summed E-state index contributed by atoms with van der Waals surface area (Å²) in [5.74, 6) is -1.39. The van der Waals surface area contributed by atoms with Gasteiger partial charge in [-0.1, -0.05) is 12.1 Å². The normalized spacial score (nSPS) is 12.9. The fourth-order valence-corrected chi connectivity index (χ4v) is 1.30. The summed E-state index contributed by atoms with van der Waals surface area (Å²) in [6.45, 7) is 2.84. The van der Waals surface area contributed by atoms with E-state index in [0.717, 1.165) is 0 Å². The van der Waals surface area contributed by atoms with E-state index < -0.39 is 24.0 Å². The highest BCUT2D eigenvalue weighted by atomic mass is 16.5. The first-order valence-electron chi connectivity index (χ1n) is 5.64. The molecule has 0 aliphatic rings. The predicted molar refractivity (Wildman–Crippen MR) is 66.5 cm³/mol. The standard InChI is InChI=1S/C13H14N2O4/c1-8(13(17)18)15-12(16)9(2)19-11-6-4-3-5-10(11)7-14/h3-6,8-9H,1-2H3,(H,15,16)(H,17,18)/t8-,9?/m1/s1. The Hall–Kier alpha value is -2.55. The van der Waals surface area contributed by atoms with Crippen molar-refractivity contribution < 1.29 is 19.4 Å². The minimum Gasteiger partial charge on any atom is -0.480 e. The molecule has 1 unspecified atom stereocenters. The lowest BCUT2D eigenvalue weighted by Crippen LogP contribution is -2.44. The zero-order valence-corrected chi connectivity index (χ0v) is 10.6. The third kappa shape index (κ3) is 4.00. The number of para-hydroxylation sites is 1. The molecule has 19 heavy (non-hydrogen) atoms. The Morgan fingerprint density at radius 2 is 2.00 bits per heavy atom. The van der Waals surface area contributed by atoms with Gasteiger partial charge in [0.15, 0.2) is 6.10 Å². The van der Waals surface area contributed by atoms with Crippen molar-refractivity contribution in [2.75, 3.05) is 0 Å². The van der Waals surface area contributed by atoms with E-state index in [1.54, 1.807) is 24.3 Å². The van der Waals surface area contributed by atoms with E-state index in [2.05, 4.69) is 5.32 Å². The SMILES string of the molecule is CC(Oc1ccccc1C#N)C(=O)N[C@H](C)C(=O)O. The first-order valence-corrected chi connectivity index (χ1v) is 5.64. The first kappa shape index (κ1) is 14.5. The highest BCUT2D eigenvalue weighted by Gasteiger charge is 2.20. The molecule has 0 saturated carbocycles. The Kier molecular flexibility index (Phi) is 4.89. The molecule has 1 rings (SSSR count). The minimum absolute atomic E-state index is 0.288. The van der Waals surface area contributed by atoms with E-state index >= 15 is 0 Å². The van der Waals surface area contributed by atoms with Crippen LogP contribution in [0, 0.1) is 11.3 Å². The topological polar surface area (TPSA) is 99.4 Å². The second-order valence-electron chi connectivity index (χ2n) is 3.94. The number of hydrogen-bond donors (Lipinski definition) is 2. The number of carboxylic acids is 1. The van der Waals surface area contributed by atoms with Gasteiger partial charge in [0.25, 0.3) is 5.91 Å². The van der Waals surface area contributed by atoms with Crippen LogP contribution < -0.4 is 10.1 Å². The summed E-state index contributed by atoms with van der Waals surface area (Å²) >= 11 is 0. The number of amides is 1. The predicted octanol–water partition coefficient (Wildman–Crippen LogP) is 0.915. The minimum atomic E-state index is -1.13. The molecule has 0 spiro atoms. The number of carbonyl (C=O) groups is 2. The van der Waals surface area contributed by atoms with Crippen LogP contribution in [-0.2, 0) is 9.59 Å². The lowest BCUT2D eigenvalue weighted by molar-refractivity contribution is -0.142. The van der Waals surface area contributed by atoms with E-state index in [0.29, 0.717) is 5.56 Å². The summed E-state index contributed by atoms with van der Waals surface area (Å²) in [7, 11) is 0. The molecule has 2 N–H and O–H groups in total. The van der Waals surface area contributed by atoms with E-state index in [9.17, 15) is 9.59 Å². The fraction of sp³-hybridized carbons (Fsp3) is 0.308. The van der Waals surface area contributed by atoms with Gasteiger partial charge in [-0.15, -0.1) is 0 Å². The monoisotopic (exact) mass is 262 g/mol. The zero-order chi connectivity index (χ0) is 14.4. The number of nitrogens with zero attached hydrogens (tertiary/aromatic N) is 1. The number of nitriles is 1. The van der Waals surface area contributed by atoms with Crippen molar-refractivity contribution in [2.24, 2.45) is 0 Å². The van der Waals surface area contributed by atoms with E-state index in [-0.39, 0.29) is 5.75 Å². The Bertz CT molecular complexity index is 522. The molecule has 6 heteroatoms. The van der Waals surface area contributed by atoms with Crippen LogP contribution in [-0.4, -0.2) is 29.1 Å². The van der Waals surface area contributed by atoms with E-state index in [4.69, 9.17) is 15.1 Å². The van der Waals surface area contributed by atoms with Gasteiger partial charge in [0.2, 0.25) is 0 Å². The van der Waals surface area contributed by atoms with Crippen molar-refractivity contribution in [3.8, 4) is 11.8 Å². The smallest absolute Gasteiger partial charge is 0.325 e. The van der Waals surface area contributed by atoms with Gasteiger partial charge in [-0.05, 0) is 26.0 Å². The summed E-state index contributed by atoms with van der Waals surface area (Å²) in [5.41, 5.74) is 0.313. The maximum Gasteiger partial charge on any atom is 0.325 e. The van der Waals surface area contributed by atoms with Crippen LogP contribution in [0.4, 0.5) is 0 Å². The average molecular weight is 262 g/mol. The number of nitrogens with one attached hydrogen (secondary N) is 1. The van der Waals surface area contributed by atoms with Crippen molar-refractivity contribution in [3.05, 3.63) is 29.8 Å². The van der Waals surface area contributed by atoms with E-state index in [1.165, 1.54) is 13.8 Å². The molecule has 0 aromatic heterocycles. The molecular weight excluding hydrogens is 248 g/mol. The maximum atomic E-state index is 11.7. The number of ether oxygens (including phenoxy) is 1. The molecule has 100 valence electrons. The van der Waals surface area contributed by atoms with Gasteiger partial charge in [-0.25, -0.2) is 0 Å². The van der Waals surface area contributed by atoms with Gasteiger partial charge >= 0.3 is 5.97 Å². The molecule has 0 aliphatic heterocycles. The maximum absolute atomic E-state index is 11.7. The summed E-state index contributed by atoms with van der Waals surface area (Å²) in [4.78, 5) is 22.3. The zero-order valence-electron chi connectivity index (χ0n) is 10.6. The van der Waals surface area contributed by atoms with Crippen molar-refractivity contribution in [1.82, 2.24) is 5.32 Å². The number of benzene rings is 1. The third-order valence-electron chi connectivity index (χ3n) is 2.41. The van der Waals surface area contributed by atoms with Crippen LogP contribution >= 0.6 is 0 Å². The summed E-state index contributed by atoms with van der Waals surface area (Å²) in [6, 6.07) is 7.46. The van der Waals surface area contributed by atoms with Gasteiger partial charge in [-0.2, -0.15) is 5.26 Å². The summed E-state index contributed by atoms with van der Waals surface area (Å²) in [5, 5.41) is 19.9. The largest absolute Gasteiger partial charge is 0.480 e. The van der Waals surface area contributed by atoms with Crippen LogP contribution in [0.25, 0.3) is 0 Å². The molecule has 0 radical (unpaired) electrons. The van der Waals surface area contributed by atoms with Crippen LogP contribution in [0.5, 0.6) is 5.75 Å². The molecule has 1 aromatic carbocycles. The third-order valence-corrected chi connectivity index (χ3v) is 2.41. The molecule has 0 aliphatic carbocycles. The van der Waals surface area contributed by atoms with Crippen molar-refractivity contribution in [3.63, 3.8) is 0 Å². The summed E-state index contributed by atoms with van der Waals surface area (Å²) in [6.07, 6.45) is -0.892. The molecular formula is C13H14N2O4. The second-order valence-corrected chi connectivity index (χ2v) is 3.94. The first-order chi connectivity index (χ1) is 8.95. The molecule has 6 nitrogen and oxygen atoms in total. The lowest BCUT2D eigenvalue weighted by atomic mass is 10.2. The van der Waals surface area contributed by atoms with Gasteiger partial charge in [0.05, 0.1) is 5.56 Å². The lowest BCUT2D eigenvalue weighted by Gasteiger charge is -2.17. The quantitative estimate of drug-likeness (QED) is 0.821. The van der Waals surface area contributed by atoms with Crippen LogP contribution in [0.2, 0.25) is 0 Å². The molecule has 0 heterocycles. The number of carboxylic acid groups (broad SMARTS) is 1. The Morgan fingerprint density at radius 1 is 1.37 bits per heavy atom. The van der Waals surface area contributed by atoms with Gasteiger partial charge in [0, 0.05) is 0 Å².